The number of carbonyl (C=O) groups excluding carboxylic acids is 1. The molecule has 0 spiro atoms. The van der Waals surface area contributed by atoms with Gasteiger partial charge in [-0.15, -0.1) is 0 Å². The maximum atomic E-state index is 11.9. The van der Waals surface area contributed by atoms with Gasteiger partial charge in [0.15, 0.2) is 0 Å². The lowest BCUT2D eigenvalue weighted by Crippen LogP contribution is -2.11. The number of hydrogen-bond acceptors (Lipinski definition) is 3. The average molecular weight is 242 g/mol. The van der Waals surface area contributed by atoms with E-state index >= 15 is 0 Å². The molecule has 4 nitrogen and oxygen atoms in total. The lowest BCUT2D eigenvalue weighted by Gasteiger charge is -2.06. The van der Waals surface area contributed by atoms with Crippen LogP contribution < -0.4 is 10.1 Å². The quantitative estimate of drug-likeness (QED) is 0.900. The minimum absolute atomic E-state index is 0.164. The highest BCUT2D eigenvalue weighted by Gasteiger charge is 2.06. The summed E-state index contributed by atoms with van der Waals surface area (Å²) < 4.78 is 5.04. The van der Waals surface area contributed by atoms with Gasteiger partial charge in [-0.05, 0) is 43.3 Å². The largest absolute Gasteiger partial charge is 0.497 e. The number of carbonyl (C=O) groups is 1. The molecule has 0 unspecified atom stereocenters. The Hall–Kier alpha value is -2.36. The van der Waals surface area contributed by atoms with Crippen molar-refractivity contribution in [3.8, 4) is 5.75 Å². The SMILES string of the molecule is COc1ccc(C(=O)Nc2ccc(C)nc2)cc1. The van der Waals surface area contributed by atoms with Crippen molar-refractivity contribution in [1.29, 1.82) is 0 Å². The van der Waals surface area contributed by atoms with E-state index in [9.17, 15) is 4.79 Å². The topological polar surface area (TPSA) is 51.2 Å². The van der Waals surface area contributed by atoms with Gasteiger partial charge in [-0.1, -0.05) is 0 Å². The third kappa shape index (κ3) is 2.85. The van der Waals surface area contributed by atoms with Crippen molar-refractivity contribution in [3.63, 3.8) is 0 Å². The highest BCUT2D eigenvalue weighted by atomic mass is 16.5. The number of benzene rings is 1. The summed E-state index contributed by atoms with van der Waals surface area (Å²) in [4.78, 5) is 16.0. The smallest absolute Gasteiger partial charge is 0.255 e. The maximum absolute atomic E-state index is 11.9. The Kier molecular flexibility index (Phi) is 3.57. The molecule has 0 aliphatic carbocycles. The number of rotatable bonds is 3. The van der Waals surface area contributed by atoms with E-state index in [2.05, 4.69) is 10.3 Å². The molecule has 1 aromatic carbocycles. The lowest BCUT2D eigenvalue weighted by atomic mass is 10.2. The number of pyridine rings is 1. The number of anilines is 1. The van der Waals surface area contributed by atoms with Crippen LogP contribution in [-0.2, 0) is 0 Å². The Morgan fingerprint density at radius 2 is 1.89 bits per heavy atom. The van der Waals surface area contributed by atoms with E-state index in [1.54, 1.807) is 37.6 Å². The zero-order valence-corrected chi connectivity index (χ0v) is 10.3. The molecule has 0 radical (unpaired) electrons. The third-order valence-electron chi connectivity index (χ3n) is 2.52. The van der Waals surface area contributed by atoms with Gasteiger partial charge in [-0.2, -0.15) is 0 Å². The van der Waals surface area contributed by atoms with Crippen molar-refractivity contribution in [2.24, 2.45) is 0 Å². The van der Waals surface area contributed by atoms with Gasteiger partial charge >= 0.3 is 0 Å². The van der Waals surface area contributed by atoms with Crippen molar-refractivity contribution in [2.45, 2.75) is 6.92 Å². The molecule has 2 rings (SSSR count). The lowest BCUT2D eigenvalue weighted by molar-refractivity contribution is 0.102. The van der Waals surface area contributed by atoms with Gasteiger partial charge in [-0.3, -0.25) is 9.78 Å². The molecule has 4 heteroatoms. The molecule has 18 heavy (non-hydrogen) atoms. The van der Waals surface area contributed by atoms with E-state index in [0.29, 0.717) is 11.3 Å². The molecule has 92 valence electrons. The molecule has 1 amide bonds. The second kappa shape index (κ2) is 5.31. The number of aryl methyl sites for hydroxylation is 1. The van der Waals surface area contributed by atoms with Gasteiger partial charge in [0.25, 0.3) is 5.91 Å². The molecule has 0 fully saturated rings. The summed E-state index contributed by atoms with van der Waals surface area (Å²) in [5, 5.41) is 2.78. The van der Waals surface area contributed by atoms with Gasteiger partial charge in [0.1, 0.15) is 5.75 Å². The van der Waals surface area contributed by atoms with Crippen molar-refractivity contribution in [2.75, 3.05) is 12.4 Å². The van der Waals surface area contributed by atoms with Gasteiger partial charge < -0.3 is 10.1 Å². The first-order chi connectivity index (χ1) is 8.69. The highest BCUT2D eigenvalue weighted by Crippen LogP contribution is 2.13. The number of hydrogen-bond donors (Lipinski definition) is 1. The van der Waals surface area contributed by atoms with Crippen molar-refractivity contribution in [1.82, 2.24) is 4.98 Å². The third-order valence-corrected chi connectivity index (χ3v) is 2.52. The predicted octanol–water partition coefficient (Wildman–Crippen LogP) is 2.65. The van der Waals surface area contributed by atoms with Crippen LogP contribution in [0.1, 0.15) is 16.1 Å². The van der Waals surface area contributed by atoms with Crippen LogP contribution in [0, 0.1) is 6.92 Å². The maximum Gasteiger partial charge on any atom is 0.255 e. The van der Waals surface area contributed by atoms with Crippen LogP contribution >= 0.6 is 0 Å². The Morgan fingerprint density at radius 1 is 1.17 bits per heavy atom. The molecule has 0 bridgehead atoms. The van der Waals surface area contributed by atoms with E-state index in [1.165, 1.54) is 0 Å². The predicted molar refractivity (Wildman–Crippen MR) is 69.9 cm³/mol. The van der Waals surface area contributed by atoms with Crippen LogP contribution in [0.2, 0.25) is 0 Å². The van der Waals surface area contributed by atoms with Crippen molar-refractivity contribution < 1.29 is 9.53 Å². The fraction of sp³-hybridized carbons (Fsp3) is 0.143. The molecule has 1 aromatic heterocycles. The molecule has 1 N–H and O–H groups in total. The molecule has 0 aliphatic heterocycles. The van der Waals surface area contributed by atoms with Crippen molar-refractivity contribution >= 4 is 11.6 Å². The number of ether oxygens (including phenoxy) is 1. The summed E-state index contributed by atoms with van der Waals surface area (Å²) in [6, 6.07) is 10.6. The van der Waals surface area contributed by atoms with E-state index in [0.717, 1.165) is 11.4 Å². The van der Waals surface area contributed by atoms with E-state index in [1.807, 2.05) is 19.1 Å². The molecular weight excluding hydrogens is 228 g/mol. The molecule has 0 saturated carbocycles. The monoisotopic (exact) mass is 242 g/mol. The summed E-state index contributed by atoms with van der Waals surface area (Å²) in [5.41, 5.74) is 2.18. The van der Waals surface area contributed by atoms with Crippen LogP contribution in [0.4, 0.5) is 5.69 Å². The van der Waals surface area contributed by atoms with Gasteiger partial charge in [-0.25, -0.2) is 0 Å². The summed E-state index contributed by atoms with van der Waals surface area (Å²) in [5.74, 6) is 0.562. The standard InChI is InChI=1S/C14H14N2O2/c1-10-3-6-12(9-15-10)16-14(17)11-4-7-13(18-2)8-5-11/h3-9H,1-2H3,(H,16,17). The van der Waals surface area contributed by atoms with Crippen LogP contribution in [-0.4, -0.2) is 18.0 Å². The number of aromatic nitrogens is 1. The molecule has 0 atom stereocenters. The van der Waals surface area contributed by atoms with Crippen LogP contribution in [0.5, 0.6) is 5.75 Å². The Labute approximate surface area is 106 Å². The molecule has 2 aromatic rings. The normalized spacial score (nSPS) is 9.89. The molecule has 0 aliphatic rings. The minimum Gasteiger partial charge on any atom is -0.497 e. The Morgan fingerprint density at radius 3 is 2.44 bits per heavy atom. The summed E-state index contributed by atoms with van der Waals surface area (Å²) >= 11 is 0. The van der Waals surface area contributed by atoms with Gasteiger partial charge in [0.05, 0.1) is 19.0 Å². The first kappa shape index (κ1) is 12.1. The number of amides is 1. The summed E-state index contributed by atoms with van der Waals surface area (Å²) in [7, 11) is 1.59. The molecule has 0 saturated heterocycles. The number of nitrogens with zero attached hydrogens (tertiary/aromatic N) is 1. The van der Waals surface area contributed by atoms with Crippen LogP contribution in [0.3, 0.4) is 0 Å². The minimum atomic E-state index is -0.164. The second-order valence-corrected chi connectivity index (χ2v) is 3.87. The number of methoxy groups -OCH3 is 1. The van der Waals surface area contributed by atoms with Crippen molar-refractivity contribution in [3.05, 3.63) is 53.9 Å². The van der Waals surface area contributed by atoms with Gasteiger partial charge in [0.2, 0.25) is 0 Å². The first-order valence-corrected chi connectivity index (χ1v) is 5.57. The van der Waals surface area contributed by atoms with Gasteiger partial charge in [0, 0.05) is 11.3 Å². The Balaban J connectivity index is 2.09. The van der Waals surface area contributed by atoms with Crippen LogP contribution in [0.15, 0.2) is 42.6 Å². The first-order valence-electron chi connectivity index (χ1n) is 5.57. The second-order valence-electron chi connectivity index (χ2n) is 3.87. The summed E-state index contributed by atoms with van der Waals surface area (Å²) in [6.07, 6.45) is 1.64. The molecule has 1 heterocycles. The summed E-state index contributed by atoms with van der Waals surface area (Å²) in [6.45, 7) is 1.90. The van der Waals surface area contributed by atoms with E-state index < -0.39 is 0 Å². The highest BCUT2D eigenvalue weighted by molar-refractivity contribution is 6.04. The fourth-order valence-corrected chi connectivity index (χ4v) is 1.49. The molecular formula is C14H14N2O2. The van der Waals surface area contributed by atoms with E-state index in [-0.39, 0.29) is 5.91 Å². The Bertz CT molecular complexity index is 533. The van der Waals surface area contributed by atoms with Crippen LogP contribution in [0.25, 0.3) is 0 Å². The average Bonchev–Trinajstić information content (AvgIpc) is 2.41. The van der Waals surface area contributed by atoms with E-state index in [4.69, 9.17) is 4.74 Å². The number of nitrogens with one attached hydrogen (secondary N) is 1. The fourth-order valence-electron chi connectivity index (χ4n) is 1.49. The zero-order chi connectivity index (χ0) is 13.0. The zero-order valence-electron chi connectivity index (χ0n) is 10.3.